The van der Waals surface area contributed by atoms with Gasteiger partial charge in [0.2, 0.25) is 0 Å². The molecule has 4 rings (SSSR count). The van der Waals surface area contributed by atoms with Crippen molar-refractivity contribution in [2.75, 3.05) is 29.3 Å². The first-order valence-corrected chi connectivity index (χ1v) is 14.2. The SMILES string of the molecule is CCCOc1ccc(S(=O)(=O)Nc2ccc3c(c2)CCCN3S(=O)(=O)c2ccc(OC)cc2)cc1. The zero-order valence-corrected chi connectivity index (χ0v) is 21.2. The van der Waals surface area contributed by atoms with Gasteiger partial charge < -0.3 is 9.47 Å². The van der Waals surface area contributed by atoms with Gasteiger partial charge in [0.1, 0.15) is 11.5 Å². The summed E-state index contributed by atoms with van der Waals surface area (Å²) in [7, 11) is -6.07. The number of hydrogen-bond donors (Lipinski definition) is 1. The van der Waals surface area contributed by atoms with Gasteiger partial charge in [0, 0.05) is 12.2 Å². The average molecular weight is 517 g/mol. The second kappa shape index (κ2) is 10.2. The molecule has 3 aromatic carbocycles. The molecule has 0 spiro atoms. The fourth-order valence-corrected chi connectivity index (χ4v) is 6.49. The van der Waals surface area contributed by atoms with E-state index < -0.39 is 20.0 Å². The molecular weight excluding hydrogens is 488 g/mol. The van der Waals surface area contributed by atoms with Gasteiger partial charge in [-0.2, -0.15) is 0 Å². The topological polar surface area (TPSA) is 102 Å². The third-order valence-corrected chi connectivity index (χ3v) is 8.89. The largest absolute Gasteiger partial charge is 0.497 e. The standard InChI is InChI=1S/C25H28N2O6S2/c1-3-17-33-22-9-11-23(12-10-22)34(28,29)26-20-6-15-25-19(18-20)5-4-16-27(25)35(30,31)24-13-7-21(32-2)8-14-24/h6-15,18,26H,3-5,16-17H2,1-2H3. The smallest absolute Gasteiger partial charge is 0.264 e. The molecule has 186 valence electrons. The normalized spacial score (nSPS) is 13.7. The molecule has 1 heterocycles. The number of methoxy groups -OCH3 is 1. The lowest BCUT2D eigenvalue weighted by atomic mass is 10.0. The van der Waals surface area contributed by atoms with E-state index in [4.69, 9.17) is 9.47 Å². The van der Waals surface area contributed by atoms with Gasteiger partial charge in [0.15, 0.2) is 0 Å². The van der Waals surface area contributed by atoms with Crippen LogP contribution in [0.3, 0.4) is 0 Å². The zero-order valence-electron chi connectivity index (χ0n) is 19.6. The Hall–Kier alpha value is -3.24. The summed E-state index contributed by atoms with van der Waals surface area (Å²) in [5, 5.41) is 0. The van der Waals surface area contributed by atoms with Crippen LogP contribution in [0.15, 0.2) is 76.5 Å². The van der Waals surface area contributed by atoms with Crippen LogP contribution in [0.25, 0.3) is 0 Å². The summed E-state index contributed by atoms with van der Waals surface area (Å²) >= 11 is 0. The Kier molecular flexibility index (Phi) is 7.23. The number of fused-ring (bicyclic) bond motifs is 1. The minimum absolute atomic E-state index is 0.114. The predicted octanol–water partition coefficient (Wildman–Crippen LogP) is 4.43. The Labute approximate surface area is 206 Å². The Bertz CT molecular complexity index is 1390. The van der Waals surface area contributed by atoms with Gasteiger partial charge in [-0.25, -0.2) is 16.8 Å². The van der Waals surface area contributed by atoms with Gasteiger partial charge in [-0.05, 0) is 91.6 Å². The third-order valence-electron chi connectivity index (χ3n) is 5.66. The van der Waals surface area contributed by atoms with Crippen LogP contribution in [0.5, 0.6) is 11.5 Å². The summed E-state index contributed by atoms with van der Waals surface area (Å²) < 4.78 is 67.0. The van der Waals surface area contributed by atoms with Gasteiger partial charge >= 0.3 is 0 Å². The highest BCUT2D eigenvalue weighted by Crippen LogP contribution is 2.34. The highest BCUT2D eigenvalue weighted by atomic mass is 32.2. The molecule has 0 atom stereocenters. The Balaban J connectivity index is 1.56. The number of benzene rings is 3. The van der Waals surface area contributed by atoms with Crippen molar-refractivity contribution in [1.29, 1.82) is 0 Å². The summed E-state index contributed by atoms with van der Waals surface area (Å²) in [4.78, 5) is 0.282. The molecule has 1 aliphatic rings. The highest BCUT2D eigenvalue weighted by molar-refractivity contribution is 7.93. The molecule has 0 saturated heterocycles. The van der Waals surface area contributed by atoms with Crippen molar-refractivity contribution in [3.05, 3.63) is 72.3 Å². The summed E-state index contributed by atoms with van der Waals surface area (Å²) in [5.74, 6) is 1.18. The van der Waals surface area contributed by atoms with Crippen LogP contribution in [0.1, 0.15) is 25.3 Å². The molecule has 1 N–H and O–H groups in total. The van der Waals surface area contributed by atoms with E-state index in [0.717, 1.165) is 12.0 Å². The maximum absolute atomic E-state index is 13.3. The molecule has 0 fully saturated rings. The minimum atomic E-state index is -3.82. The first-order valence-electron chi connectivity index (χ1n) is 11.3. The number of rotatable bonds is 9. The molecule has 0 aromatic heterocycles. The quantitative estimate of drug-likeness (QED) is 0.452. The molecule has 0 unspecified atom stereocenters. The number of ether oxygens (including phenoxy) is 2. The maximum atomic E-state index is 13.3. The fourth-order valence-electron chi connectivity index (χ4n) is 3.90. The van der Waals surface area contributed by atoms with Gasteiger partial charge in [0.25, 0.3) is 20.0 Å². The summed E-state index contributed by atoms with van der Waals surface area (Å²) in [6.07, 6.45) is 2.12. The molecule has 1 aliphatic heterocycles. The summed E-state index contributed by atoms with van der Waals surface area (Å²) in [6, 6.07) is 17.4. The fraction of sp³-hybridized carbons (Fsp3) is 0.280. The second-order valence-electron chi connectivity index (χ2n) is 8.13. The molecule has 0 radical (unpaired) electrons. The number of sulfonamides is 2. The van der Waals surface area contributed by atoms with Crippen molar-refractivity contribution in [2.45, 2.75) is 36.0 Å². The third kappa shape index (κ3) is 5.38. The number of hydrogen-bond acceptors (Lipinski definition) is 6. The molecule has 35 heavy (non-hydrogen) atoms. The van der Waals surface area contributed by atoms with Crippen LogP contribution in [0, 0.1) is 0 Å². The average Bonchev–Trinajstić information content (AvgIpc) is 2.87. The Morgan fingerprint density at radius 3 is 2.20 bits per heavy atom. The summed E-state index contributed by atoms with van der Waals surface area (Å²) in [6.45, 7) is 2.90. The first-order chi connectivity index (χ1) is 16.7. The van der Waals surface area contributed by atoms with E-state index in [1.165, 1.54) is 35.7 Å². The molecule has 0 saturated carbocycles. The van der Waals surface area contributed by atoms with Crippen LogP contribution < -0.4 is 18.5 Å². The highest BCUT2D eigenvalue weighted by Gasteiger charge is 2.29. The second-order valence-corrected chi connectivity index (χ2v) is 11.7. The van der Waals surface area contributed by atoms with E-state index in [9.17, 15) is 16.8 Å². The molecule has 10 heteroatoms. The lowest BCUT2D eigenvalue weighted by Crippen LogP contribution is -2.35. The monoisotopic (exact) mass is 516 g/mol. The van der Waals surface area contributed by atoms with E-state index in [1.54, 1.807) is 42.5 Å². The molecular formula is C25H28N2O6S2. The lowest BCUT2D eigenvalue weighted by molar-refractivity contribution is 0.317. The van der Waals surface area contributed by atoms with Crippen molar-refractivity contribution < 1.29 is 26.3 Å². The van der Waals surface area contributed by atoms with E-state index >= 15 is 0 Å². The van der Waals surface area contributed by atoms with E-state index in [-0.39, 0.29) is 9.79 Å². The van der Waals surface area contributed by atoms with Crippen LogP contribution >= 0.6 is 0 Å². The molecule has 0 aliphatic carbocycles. The number of nitrogens with zero attached hydrogens (tertiary/aromatic N) is 1. The maximum Gasteiger partial charge on any atom is 0.264 e. The zero-order chi connectivity index (χ0) is 25.1. The first kappa shape index (κ1) is 24.9. The number of nitrogens with one attached hydrogen (secondary N) is 1. The van der Waals surface area contributed by atoms with Gasteiger partial charge in [-0.15, -0.1) is 0 Å². The molecule has 8 nitrogen and oxygen atoms in total. The van der Waals surface area contributed by atoms with Gasteiger partial charge in [-0.1, -0.05) is 6.92 Å². The van der Waals surface area contributed by atoms with Crippen molar-refractivity contribution in [1.82, 2.24) is 0 Å². The van der Waals surface area contributed by atoms with Gasteiger partial charge in [0.05, 0.1) is 29.2 Å². The van der Waals surface area contributed by atoms with E-state index in [0.29, 0.717) is 48.9 Å². The minimum Gasteiger partial charge on any atom is -0.497 e. The van der Waals surface area contributed by atoms with Crippen molar-refractivity contribution in [3.63, 3.8) is 0 Å². The van der Waals surface area contributed by atoms with Crippen LogP contribution in [-0.2, 0) is 26.5 Å². The lowest BCUT2D eigenvalue weighted by Gasteiger charge is -2.31. The predicted molar refractivity (Wildman–Crippen MR) is 135 cm³/mol. The Morgan fingerprint density at radius 2 is 1.54 bits per heavy atom. The van der Waals surface area contributed by atoms with Gasteiger partial charge in [-0.3, -0.25) is 9.03 Å². The van der Waals surface area contributed by atoms with Crippen molar-refractivity contribution in [3.8, 4) is 11.5 Å². The number of anilines is 2. The molecule has 0 bridgehead atoms. The van der Waals surface area contributed by atoms with E-state index in [2.05, 4.69) is 4.72 Å². The summed E-state index contributed by atoms with van der Waals surface area (Å²) in [5.41, 5.74) is 1.68. The molecule has 0 amide bonds. The molecule has 3 aromatic rings. The Morgan fingerprint density at radius 1 is 0.886 bits per heavy atom. The van der Waals surface area contributed by atoms with E-state index in [1.807, 2.05) is 6.92 Å². The van der Waals surface area contributed by atoms with Crippen molar-refractivity contribution in [2.24, 2.45) is 0 Å². The number of aryl methyl sites for hydroxylation is 1. The van der Waals surface area contributed by atoms with Crippen LogP contribution in [0.4, 0.5) is 11.4 Å². The van der Waals surface area contributed by atoms with Crippen molar-refractivity contribution >= 4 is 31.4 Å². The van der Waals surface area contributed by atoms with Crippen LogP contribution in [0.2, 0.25) is 0 Å². The van der Waals surface area contributed by atoms with Crippen LogP contribution in [-0.4, -0.2) is 37.1 Å².